The van der Waals surface area contributed by atoms with E-state index in [1.165, 1.54) is 0 Å². The predicted molar refractivity (Wildman–Crippen MR) is 74.3 cm³/mol. The smallest absolute Gasteiger partial charge is 0.258 e. The molecule has 0 fully saturated rings. The van der Waals surface area contributed by atoms with E-state index in [1.807, 2.05) is 31.4 Å². The normalized spacial score (nSPS) is 11.1. The minimum Gasteiger partial charge on any atom is -0.314 e. The summed E-state index contributed by atoms with van der Waals surface area (Å²) in [5.41, 5.74) is 1.39. The highest BCUT2D eigenvalue weighted by molar-refractivity contribution is 5.77. The third kappa shape index (κ3) is 2.43. The maximum absolute atomic E-state index is 11.9. The molecule has 3 rings (SSSR count). The number of nitrogens with zero attached hydrogens (tertiary/aromatic N) is 4. The maximum atomic E-state index is 11.9. The Kier molecular flexibility index (Phi) is 3.26. The molecule has 0 unspecified atom stereocenters. The molecule has 0 spiro atoms. The molecule has 0 saturated carbocycles. The van der Waals surface area contributed by atoms with Crippen molar-refractivity contribution in [3.8, 4) is 0 Å². The van der Waals surface area contributed by atoms with Crippen LogP contribution in [-0.4, -0.2) is 32.0 Å². The largest absolute Gasteiger partial charge is 0.314 e. The fraction of sp³-hybridized carbons (Fsp3) is 0.231. The van der Waals surface area contributed by atoms with E-state index in [0.717, 1.165) is 5.69 Å². The van der Waals surface area contributed by atoms with Crippen LogP contribution in [0.1, 0.15) is 11.5 Å². The second-order valence-electron chi connectivity index (χ2n) is 4.47. The van der Waals surface area contributed by atoms with Gasteiger partial charge < -0.3 is 10.3 Å². The van der Waals surface area contributed by atoms with Crippen molar-refractivity contribution in [2.75, 3.05) is 7.05 Å². The highest BCUT2D eigenvalue weighted by atomic mass is 16.1. The minimum absolute atomic E-state index is 0.138. The first-order valence-corrected chi connectivity index (χ1v) is 6.28. The summed E-state index contributed by atoms with van der Waals surface area (Å²) in [5, 5.41) is 11.6. The van der Waals surface area contributed by atoms with Crippen molar-refractivity contribution in [2.24, 2.45) is 0 Å². The summed E-state index contributed by atoms with van der Waals surface area (Å²) in [6.45, 7) is 1.04. The summed E-state index contributed by atoms with van der Waals surface area (Å²) in [6, 6.07) is 7.26. The zero-order chi connectivity index (χ0) is 13.9. The Morgan fingerprint density at radius 2 is 2.20 bits per heavy atom. The fourth-order valence-corrected chi connectivity index (χ4v) is 2.04. The van der Waals surface area contributed by atoms with Crippen LogP contribution < -0.4 is 10.9 Å². The van der Waals surface area contributed by atoms with Crippen LogP contribution in [0.3, 0.4) is 0 Å². The number of nitrogens with one attached hydrogen (secondary N) is 2. The van der Waals surface area contributed by atoms with Gasteiger partial charge in [0, 0.05) is 6.54 Å². The van der Waals surface area contributed by atoms with Crippen LogP contribution in [0.5, 0.6) is 0 Å². The zero-order valence-corrected chi connectivity index (χ0v) is 11.0. The Labute approximate surface area is 114 Å². The second-order valence-corrected chi connectivity index (χ2v) is 4.47. The lowest BCUT2D eigenvalue weighted by molar-refractivity contribution is 0.625. The summed E-state index contributed by atoms with van der Waals surface area (Å²) in [4.78, 5) is 19.1. The highest BCUT2D eigenvalue weighted by Crippen LogP contribution is 2.06. The van der Waals surface area contributed by atoms with Gasteiger partial charge in [0.05, 0.1) is 22.8 Å². The number of hydrogen-bond donors (Lipinski definition) is 2. The second kappa shape index (κ2) is 5.22. The molecule has 102 valence electrons. The highest BCUT2D eigenvalue weighted by Gasteiger charge is 2.05. The summed E-state index contributed by atoms with van der Waals surface area (Å²) in [7, 11) is 1.85. The molecule has 0 radical (unpaired) electrons. The van der Waals surface area contributed by atoms with Gasteiger partial charge in [-0.3, -0.25) is 4.79 Å². The van der Waals surface area contributed by atoms with Gasteiger partial charge in [0.15, 0.2) is 0 Å². The van der Waals surface area contributed by atoms with E-state index in [4.69, 9.17) is 0 Å². The van der Waals surface area contributed by atoms with Crippen LogP contribution >= 0.6 is 0 Å². The monoisotopic (exact) mass is 270 g/mol. The molecule has 20 heavy (non-hydrogen) atoms. The summed E-state index contributed by atoms with van der Waals surface area (Å²) in [6.07, 6.45) is 1.83. The van der Waals surface area contributed by atoms with Gasteiger partial charge in [-0.2, -0.15) is 0 Å². The molecule has 0 aliphatic rings. The quantitative estimate of drug-likeness (QED) is 0.711. The predicted octanol–water partition coefficient (Wildman–Crippen LogP) is 0.282. The minimum atomic E-state index is -0.138. The fourth-order valence-electron chi connectivity index (χ4n) is 2.04. The molecule has 0 saturated heterocycles. The molecular weight excluding hydrogens is 256 g/mol. The van der Waals surface area contributed by atoms with Gasteiger partial charge >= 0.3 is 0 Å². The number of fused-ring (bicyclic) bond motifs is 1. The summed E-state index contributed by atoms with van der Waals surface area (Å²) >= 11 is 0. The lowest BCUT2D eigenvalue weighted by Gasteiger charge is -2.02. The van der Waals surface area contributed by atoms with Crippen molar-refractivity contribution in [1.29, 1.82) is 0 Å². The van der Waals surface area contributed by atoms with Gasteiger partial charge in [-0.15, -0.1) is 5.10 Å². The van der Waals surface area contributed by atoms with Crippen LogP contribution in [0, 0.1) is 0 Å². The van der Waals surface area contributed by atoms with E-state index in [1.54, 1.807) is 10.7 Å². The molecule has 7 nitrogen and oxygen atoms in total. The van der Waals surface area contributed by atoms with E-state index in [9.17, 15) is 4.79 Å². The van der Waals surface area contributed by atoms with E-state index in [2.05, 4.69) is 25.6 Å². The molecule has 1 aromatic carbocycles. The average Bonchev–Trinajstić information content (AvgIpc) is 2.87. The van der Waals surface area contributed by atoms with Crippen LogP contribution in [-0.2, 0) is 13.1 Å². The van der Waals surface area contributed by atoms with Gasteiger partial charge in [0.2, 0.25) is 0 Å². The van der Waals surface area contributed by atoms with Crippen LogP contribution in [0.2, 0.25) is 0 Å². The Hall–Kier alpha value is -2.54. The molecule has 2 heterocycles. The molecule has 0 aliphatic heterocycles. The third-order valence-electron chi connectivity index (χ3n) is 2.92. The Balaban J connectivity index is 1.92. The summed E-state index contributed by atoms with van der Waals surface area (Å²) < 4.78 is 1.65. The first-order chi connectivity index (χ1) is 9.76. The number of benzene rings is 1. The van der Waals surface area contributed by atoms with Gasteiger partial charge in [-0.25, -0.2) is 9.67 Å². The molecule has 0 atom stereocenters. The van der Waals surface area contributed by atoms with Gasteiger partial charge in [0.25, 0.3) is 5.56 Å². The van der Waals surface area contributed by atoms with Crippen molar-refractivity contribution in [2.45, 2.75) is 13.1 Å². The molecule has 2 aromatic heterocycles. The summed E-state index contributed by atoms with van der Waals surface area (Å²) in [5.74, 6) is 0.564. The van der Waals surface area contributed by atoms with Crippen LogP contribution in [0.15, 0.2) is 35.3 Å². The van der Waals surface area contributed by atoms with E-state index < -0.39 is 0 Å². The molecule has 0 aliphatic carbocycles. The first kappa shape index (κ1) is 12.5. The standard InChI is InChI=1S/C13H14N6O/c1-14-6-9-7-19(18-17-9)8-12-15-11-5-3-2-4-10(11)13(20)16-12/h2-5,7,14H,6,8H2,1H3,(H,15,16,20). The van der Waals surface area contributed by atoms with E-state index in [-0.39, 0.29) is 5.56 Å². The molecular formula is C13H14N6O. The average molecular weight is 270 g/mol. The first-order valence-electron chi connectivity index (χ1n) is 6.28. The SMILES string of the molecule is CNCc1cn(Cc2nc3ccccc3c(=O)[nH]2)nn1. The maximum Gasteiger partial charge on any atom is 0.258 e. The topological polar surface area (TPSA) is 88.5 Å². The van der Waals surface area contributed by atoms with E-state index >= 15 is 0 Å². The Morgan fingerprint density at radius 1 is 1.35 bits per heavy atom. The number of para-hydroxylation sites is 1. The van der Waals surface area contributed by atoms with Gasteiger partial charge in [-0.05, 0) is 19.2 Å². The number of H-pyrrole nitrogens is 1. The van der Waals surface area contributed by atoms with Crippen LogP contribution in [0.25, 0.3) is 10.9 Å². The van der Waals surface area contributed by atoms with Crippen LogP contribution in [0.4, 0.5) is 0 Å². The van der Waals surface area contributed by atoms with Gasteiger partial charge in [-0.1, -0.05) is 17.3 Å². The van der Waals surface area contributed by atoms with Crippen molar-refractivity contribution in [3.63, 3.8) is 0 Å². The zero-order valence-electron chi connectivity index (χ0n) is 11.0. The molecule has 3 aromatic rings. The van der Waals surface area contributed by atoms with Crippen molar-refractivity contribution >= 4 is 10.9 Å². The Morgan fingerprint density at radius 3 is 3.05 bits per heavy atom. The molecule has 0 amide bonds. The molecule has 7 heteroatoms. The Bertz CT molecular complexity index is 791. The van der Waals surface area contributed by atoms with Gasteiger partial charge in [0.1, 0.15) is 12.4 Å². The van der Waals surface area contributed by atoms with Crippen molar-refractivity contribution in [1.82, 2.24) is 30.3 Å². The number of rotatable bonds is 4. The number of aromatic amines is 1. The number of hydrogen-bond acceptors (Lipinski definition) is 5. The number of aromatic nitrogens is 5. The van der Waals surface area contributed by atoms with Crippen molar-refractivity contribution in [3.05, 3.63) is 52.3 Å². The molecule has 0 bridgehead atoms. The molecule has 2 N–H and O–H groups in total. The van der Waals surface area contributed by atoms with E-state index in [0.29, 0.717) is 29.8 Å². The third-order valence-corrected chi connectivity index (χ3v) is 2.92. The van der Waals surface area contributed by atoms with Crippen molar-refractivity contribution < 1.29 is 0 Å². The lowest BCUT2D eigenvalue weighted by Crippen LogP contribution is -2.14. The lowest BCUT2D eigenvalue weighted by atomic mass is 10.2.